The molecule has 2 saturated carbocycles. The van der Waals surface area contributed by atoms with Gasteiger partial charge in [-0.15, -0.1) is 5.73 Å². The number of ether oxygens (including phenoxy) is 3. The topological polar surface area (TPSA) is 106 Å². The van der Waals surface area contributed by atoms with Crippen LogP contribution in [0.25, 0.3) is 0 Å². The van der Waals surface area contributed by atoms with E-state index in [0.29, 0.717) is 37.0 Å². The average molecular weight is 631 g/mol. The zero-order chi connectivity index (χ0) is 34.1. The Bertz CT molecular complexity index is 1510. The van der Waals surface area contributed by atoms with Crippen LogP contribution in [0.2, 0.25) is 0 Å². The van der Waals surface area contributed by atoms with Gasteiger partial charge < -0.3 is 24.4 Å². The van der Waals surface area contributed by atoms with Crippen molar-refractivity contribution in [3.8, 4) is 0 Å². The summed E-state index contributed by atoms with van der Waals surface area (Å²) in [5.41, 5.74) is 3.82. The van der Waals surface area contributed by atoms with Gasteiger partial charge in [-0.3, -0.25) is 4.79 Å². The second-order valence-electron chi connectivity index (χ2n) is 14.9. The monoisotopic (exact) mass is 630 g/mol. The number of cyclic esters (lactones) is 1. The van der Waals surface area contributed by atoms with Crippen LogP contribution in [0, 0.1) is 10.8 Å². The highest BCUT2D eigenvalue weighted by molar-refractivity contribution is 5.95. The molecule has 248 valence electrons. The predicted octanol–water partition coefficient (Wildman–Crippen LogP) is 7.21. The number of epoxide rings is 1. The van der Waals surface area contributed by atoms with E-state index in [-0.39, 0.29) is 29.0 Å². The number of allylic oxidation sites excluding steroid dienone is 10. The van der Waals surface area contributed by atoms with Gasteiger partial charge in [0.1, 0.15) is 23.1 Å². The van der Waals surface area contributed by atoms with Gasteiger partial charge in [0.25, 0.3) is 0 Å². The third kappa shape index (κ3) is 7.72. The molecule has 0 aromatic rings. The van der Waals surface area contributed by atoms with E-state index in [9.17, 15) is 19.8 Å². The Morgan fingerprint density at radius 3 is 2.22 bits per heavy atom. The number of fused-ring (bicyclic) bond motifs is 1. The van der Waals surface area contributed by atoms with Crippen LogP contribution in [0.4, 0.5) is 0 Å². The number of aliphatic hydroxyl groups is 2. The molecule has 3 fully saturated rings. The summed E-state index contributed by atoms with van der Waals surface area (Å²) in [5.74, 6) is -0.242. The first kappa shape index (κ1) is 35.4. The summed E-state index contributed by atoms with van der Waals surface area (Å²) in [6.45, 7) is 17.3. The minimum Gasteiger partial charge on any atom is -0.462 e. The van der Waals surface area contributed by atoms with E-state index in [0.717, 1.165) is 16.7 Å². The molecule has 0 amide bonds. The number of hydrogen-bond donors (Lipinski definition) is 2. The van der Waals surface area contributed by atoms with Gasteiger partial charge >= 0.3 is 11.9 Å². The quantitative estimate of drug-likeness (QED) is 0.126. The summed E-state index contributed by atoms with van der Waals surface area (Å²) in [4.78, 5) is 24.0. The standard InChI is InChI=1S/C39H50O7/c1-26(16-17-33-35(4,5)24-32(44-28(3)40)25-37(33,8)43)14-12-10-11-13-15-27(2)20-31-21-29(34(42)45-31)18-19-39-36(6,7)22-30(41)23-38(39,9)46-39/h10-16,18-21,30,32,41,43H,22-25H2,1-9H3/b12-10+,13-11+,19-18+,26-14+,27-15+,31-20-/t17?,30-,32+,37-,38-,39+/m0/s1. The Morgan fingerprint density at radius 1 is 0.957 bits per heavy atom. The lowest BCUT2D eigenvalue weighted by molar-refractivity contribution is -0.152. The molecule has 1 saturated heterocycles. The van der Waals surface area contributed by atoms with Crippen molar-refractivity contribution in [2.45, 2.75) is 117 Å². The number of rotatable bonds is 8. The first-order chi connectivity index (χ1) is 21.3. The van der Waals surface area contributed by atoms with Gasteiger partial charge in [0, 0.05) is 30.8 Å². The van der Waals surface area contributed by atoms with Gasteiger partial charge in [0.15, 0.2) is 0 Å². The fourth-order valence-corrected chi connectivity index (χ4v) is 7.61. The van der Waals surface area contributed by atoms with Crippen LogP contribution in [-0.4, -0.2) is 51.2 Å². The molecule has 0 bridgehead atoms. The molecule has 0 aromatic carbocycles. The Hall–Kier alpha value is -3.48. The van der Waals surface area contributed by atoms with Gasteiger partial charge in [0.2, 0.25) is 0 Å². The van der Waals surface area contributed by atoms with Crippen LogP contribution in [-0.2, 0) is 23.8 Å². The van der Waals surface area contributed by atoms with Crippen molar-refractivity contribution in [2.75, 3.05) is 0 Å². The average Bonchev–Trinajstić information content (AvgIpc) is 3.36. The van der Waals surface area contributed by atoms with E-state index in [2.05, 4.69) is 19.6 Å². The molecule has 2 N–H and O–H groups in total. The molecule has 0 unspecified atom stereocenters. The van der Waals surface area contributed by atoms with Crippen LogP contribution in [0.3, 0.4) is 0 Å². The second-order valence-corrected chi connectivity index (χ2v) is 14.9. The highest BCUT2D eigenvalue weighted by Crippen LogP contribution is 2.66. The van der Waals surface area contributed by atoms with Crippen molar-refractivity contribution >= 4 is 11.9 Å². The fourth-order valence-electron chi connectivity index (χ4n) is 7.61. The number of esters is 2. The van der Waals surface area contributed by atoms with Crippen molar-refractivity contribution in [1.82, 2.24) is 0 Å². The summed E-state index contributed by atoms with van der Waals surface area (Å²) in [7, 11) is 0. The summed E-state index contributed by atoms with van der Waals surface area (Å²) >= 11 is 0. The minimum atomic E-state index is -1.12. The molecule has 0 spiro atoms. The van der Waals surface area contributed by atoms with E-state index in [4.69, 9.17) is 14.2 Å². The smallest absolute Gasteiger partial charge is 0.343 e. The number of carbonyl (C=O) groups excluding carboxylic acids is 2. The van der Waals surface area contributed by atoms with Crippen molar-refractivity contribution in [3.05, 3.63) is 101 Å². The van der Waals surface area contributed by atoms with E-state index in [1.807, 2.05) is 89.3 Å². The predicted molar refractivity (Wildman–Crippen MR) is 179 cm³/mol. The first-order valence-electron chi connectivity index (χ1n) is 16.1. The van der Waals surface area contributed by atoms with Crippen LogP contribution in [0.15, 0.2) is 101 Å². The van der Waals surface area contributed by atoms with Crippen molar-refractivity contribution < 1.29 is 34.0 Å². The zero-order valence-corrected chi connectivity index (χ0v) is 28.8. The molecule has 2 aliphatic carbocycles. The fraction of sp³-hybridized carbons (Fsp3) is 0.513. The lowest BCUT2D eigenvalue weighted by Gasteiger charge is -2.44. The van der Waals surface area contributed by atoms with E-state index >= 15 is 0 Å². The number of aliphatic hydroxyl groups excluding tert-OH is 1. The molecule has 0 aromatic heterocycles. The lowest BCUT2D eigenvalue weighted by Crippen LogP contribution is -2.46. The van der Waals surface area contributed by atoms with E-state index < -0.39 is 22.8 Å². The molecule has 7 nitrogen and oxygen atoms in total. The van der Waals surface area contributed by atoms with Crippen molar-refractivity contribution in [1.29, 1.82) is 0 Å². The molecule has 7 heteroatoms. The lowest BCUT2D eigenvalue weighted by atomic mass is 9.63. The molecule has 46 heavy (non-hydrogen) atoms. The summed E-state index contributed by atoms with van der Waals surface area (Å²) < 4.78 is 17.1. The van der Waals surface area contributed by atoms with E-state index in [1.54, 1.807) is 19.1 Å². The third-order valence-electron chi connectivity index (χ3n) is 9.53. The Morgan fingerprint density at radius 2 is 1.61 bits per heavy atom. The number of hydrogen-bond acceptors (Lipinski definition) is 7. The Kier molecular flexibility index (Phi) is 9.97. The van der Waals surface area contributed by atoms with Crippen molar-refractivity contribution in [3.63, 3.8) is 0 Å². The SMILES string of the molecule is CC(=O)O[C@@H]1CC(C)(C)C(=C=C/C(C)=C/C=C/C=C/C=C(C)/C=C2C=C(/C=C/[C@]34O[C@@]3(C)C[C@@H](O)CC4(C)C)C(=O)O/2)[C@@](C)(O)C1. The highest BCUT2D eigenvalue weighted by Gasteiger charge is 2.74. The van der Waals surface area contributed by atoms with Crippen molar-refractivity contribution in [2.24, 2.45) is 10.8 Å². The first-order valence-corrected chi connectivity index (χ1v) is 16.1. The summed E-state index contributed by atoms with van der Waals surface area (Å²) in [5, 5.41) is 21.4. The van der Waals surface area contributed by atoms with Gasteiger partial charge in [-0.25, -0.2) is 4.79 Å². The maximum absolute atomic E-state index is 12.5. The van der Waals surface area contributed by atoms with Gasteiger partial charge in [-0.1, -0.05) is 64.2 Å². The molecule has 2 aliphatic heterocycles. The molecule has 0 radical (unpaired) electrons. The van der Waals surface area contributed by atoms with Crippen LogP contribution >= 0.6 is 0 Å². The summed E-state index contributed by atoms with van der Waals surface area (Å²) in [6.07, 6.45) is 22.3. The Labute approximate surface area is 274 Å². The van der Waals surface area contributed by atoms with Gasteiger partial charge in [0.05, 0.1) is 17.3 Å². The molecular weight excluding hydrogens is 580 g/mol. The maximum atomic E-state index is 12.5. The summed E-state index contributed by atoms with van der Waals surface area (Å²) in [6, 6.07) is 0. The van der Waals surface area contributed by atoms with Crippen LogP contribution < -0.4 is 0 Å². The minimum absolute atomic E-state index is 0.256. The third-order valence-corrected chi connectivity index (χ3v) is 9.53. The highest BCUT2D eigenvalue weighted by atomic mass is 16.6. The molecule has 4 rings (SSSR count). The van der Waals surface area contributed by atoms with Gasteiger partial charge in [-0.05, 0) is 87.5 Å². The molecule has 5 atom stereocenters. The van der Waals surface area contributed by atoms with Crippen LogP contribution in [0.5, 0.6) is 0 Å². The molecule has 4 aliphatic rings. The zero-order valence-electron chi connectivity index (χ0n) is 28.8. The Balaban J connectivity index is 1.35. The largest absolute Gasteiger partial charge is 0.462 e. The number of carbonyl (C=O) groups is 2. The van der Waals surface area contributed by atoms with Crippen LogP contribution in [0.1, 0.15) is 88.0 Å². The van der Waals surface area contributed by atoms with E-state index in [1.165, 1.54) is 6.92 Å². The maximum Gasteiger partial charge on any atom is 0.343 e. The normalized spacial score (nSPS) is 34.9. The van der Waals surface area contributed by atoms with Gasteiger partial charge in [-0.2, -0.15) is 0 Å². The molecule has 2 heterocycles. The second kappa shape index (κ2) is 13.0. The molecular formula is C39H50O7.